The average molecular weight is 284 g/mol. The Morgan fingerprint density at radius 1 is 1.24 bits per heavy atom. The Morgan fingerprint density at radius 3 is 2.90 bits per heavy atom. The van der Waals surface area contributed by atoms with Gasteiger partial charge in [0.15, 0.2) is 0 Å². The molecule has 4 nitrogen and oxygen atoms in total. The molecule has 2 aromatic heterocycles. The number of hydrogen-bond acceptors (Lipinski definition) is 3. The van der Waals surface area contributed by atoms with Crippen molar-refractivity contribution in [3.63, 3.8) is 0 Å². The van der Waals surface area contributed by atoms with Gasteiger partial charge in [-0.1, -0.05) is 0 Å². The summed E-state index contributed by atoms with van der Waals surface area (Å²) in [4.78, 5) is 7.48. The second-order valence-electron chi connectivity index (χ2n) is 4.89. The van der Waals surface area contributed by atoms with Gasteiger partial charge in [-0.15, -0.1) is 0 Å². The topological polar surface area (TPSA) is 66.7 Å². The van der Waals surface area contributed by atoms with E-state index in [2.05, 4.69) is 15.3 Å². The fraction of sp³-hybridized carbons (Fsp3) is 0.188. The Labute approximate surface area is 122 Å². The molecule has 0 radical (unpaired) electrons. The number of H-pyrrole nitrogens is 1. The van der Waals surface area contributed by atoms with Crippen LogP contribution in [0.4, 0.5) is 10.2 Å². The number of nitrogens with one attached hydrogen (secondary N) is 2. The number of halogens is 1. The molecule has 0 saturated heterocycles. The molecule has 1 aromatic carbocycles. The molecular weight excluding hydrogens is 267 g/mol. The fourth-order valence-corrected chi connectivity index (χ4v) is 2.31. The van der Waals surface area contributed by atoms with Crippen LogP contribution in [0.15, 0.2) is 42.7 Å². The van der Waals surface area contributed by atoms with Crippen molar-refractivity contribution in [2.45, 2.75) is 6.42 Å². The first-order chi connectivity index (χ1) is 10.3. The summed E-state index contributed by atoms with van der Waals surface area (Å²) < 4.78 is 13.2. The van der Waals surface area contributed by atoms with Crippen LogP contribution in [-0.2, 0) is 0 Å². The first kappa shape index (κ1) is 13.6. The van der Waals surface area contributed by atoms with Crippen molar-refractivity contribution < 1.29 is 4.39 Å². The number of fused-ring (bicyclic) bond motifs is 1. The molecule has 0 amide bonds. The van der Waals surface area contributed by atoms with Gasteiger partial charge in [-0.05, 0) is 43.3 Å². The number of nitrogens with zero attached hydrogens (tertiary/aromatic N) is 1. The lowest BCUT2D eigenvalue weighted by Gasteiger charge is -2.05. The van der Waals surface area contributed by atoms with Gasteiger partial charge in [0.1, 0.15) is 11.6 Å². The van der Waals surface area contributed by atoms with E-state index < -0.39 is 0 Å². The molecule has 0 saturated carbocycles. The number of aromatic amines is 1. The number of pyridine rings is 1. The normalized spacial score (nSPS) is 11.0. The Bertz CT molecular complexity index is 734. The summed E-state index contributed by atoms with van der Waals surface area (Å²) in [6.45, 7) is 1.48. The van der Waals surface area contributed by atoms with Crippen LogP contribution in [0.1, 0.15) is 6.42 Å². The molecule has 0 unspecified atom stereocenters. The van der Waals surface area contributed by atoms with Crippen molar-refractivity contribution in [3.05, 3.63) is 48.5 Å². The second kappa shape index (κ2) is 5.93. The van der Waals surface area contributed by atoms with E-state index in [1.165, 1.54) is 12.1 Å². The van der Waals surface area contributed by atoms with E-state index in [1.54, 1.807) is 6.07 Å². The van der Waals surface area contributed by atoms with E-state index in [0.717, 1.165) is 40.8 Å². The Balaban J connectivity index is 1.85. The van der Waals surface area contributed by atoms with Gasteiger partial charge in [-0.25, -0.2) is 9.37 Å². The lowest BCUT2D eigenvalue weighted by Crippen LogP contribution is -2.09. The zero-order valence-electron chi connectivity index (χ0n) is 11.6. The van der Waals surface area contributed by atoms with Crippen LogP contribution in [0.3, 0.4) is 0 Å². The first-order valence-electron chi connectivity index (χ1n) is 6.95. The highest BCUT2D eigenvalue weighted by Gasteiger charge is 2.07. The van der Waals surface area contributed by atoms with Crippen molar-refractivity contribution in [3.8, 4) is 11.1 Å². The smallest absolute Gasteiger partial charge is 0.125 e. The molecule has 0 aliphatic heterocycles. The van der Waals surface area contributed by atoms with Gasteiger partial charge in [0.2, 0.25) is 0 Å². The molecule has 3 aromatic rings. The third kappa shape index (κ3) is 2.87. The van der Waals surface area contributed by atoms with Crippen LogP contribution < -0.4 is 11.1 Å². The summed E-state index contributed by atoms with van der Waals surface area (Å²) in [7, 11) is 0. The maximum atomic E-state index is 13.2. The largest absolute Gasteiger partial charge is 0.370 e. The third-order valence-corrected chi connectivity index (χ3v) is 3.41. The Morgan fingerprint density at radius 2 is 2.14 bits per heavy atom. The summed E-state index contributed by atoms with van der Waals surface area (Å²) in [5.41, 5.74) is 8.26. The predicted octanol–water partition coefficient (Wildman–Crippen LogP) is 3.13. The SMILES string of the molecule is NCCCNc1ccc(-c2c[nH]c3cc(F)ccc23)cn1. The Kier molecular flexibility index (Phi) is 3.83. The molecule has 4 N–H and O–H groups in total. The zero-order valence-corrected chi connectivity index (χ0v) is 11.6. The van der Waals surface area contributed by atoms with Gasteiger partial charge >= 0.3 is 0 Å². The molecule has 0 aliphatic carbocycles. The van der Waals surface area contributed by atoms with Crippen LogP contribution >= 0.6 is 0 Å². The summed E-state index contributed by atoms with van der Waals surface area (Å²) in [6.07, 6.45) is 4.61. The quantitative estimate of drug-likeness (QED) is 0.631. The molecule has 0 atom stereocenters. The van der Waals surface area contributed by atoms with Crippen LogP contribution in [0.5, 0.6) is 0 Å². The zero-order chi connectivity index (χ0) is 14.7. The number of rotatable bonds is 5. The highest BCUT2D eigenvalue weighted by Crippen LogP contribution is 2.28. The van der Waals surface area contributed by atoms with Gasteiger partial charge in [-0.3, -0.25) is 0 Å². The monoisotopic (exact) mass is 284 g/mol. The van der Waals surface area contributed by atoms with Crippen molar-refractivity contribution in [1.29, 1.82) is 0 Å². The van der Waals surface area contributed by atoms with Crippen LogP contribution in [0.25, 0.3) is 22.0 Å². The highest BCUT2D eigenvalue weighted by molar-refractivity contribution is 5.95. The van der Waals surface area contributed by atoms with Crippen LogP contribution in [0, 0.1) is 5.82 Å². The van der Waals surface area contributed by atoms with Crippen molar-refractivity contribution in [2.75, 3.05) is 18.4 Å². The standard InChI is InChI=1S/C16H17FN4/c17-12-3-4-13-14(10-20-15(13)8-12)11-2-5-16(21-9-11)19-7-1-6-18/h2-5,8-10,20H,1,6-7,18H2,(H,19,21). The predicted molar refractivity (Wildman–Crippen MR) is 83.6 cm³/mol. The van der Waals surface area contributed by atoms with E-state index in [0.29, 0.717) is 6.54 Å². The van der Waals surface area contributed by atoms with Crippen molar-refractivity contribution in [2.24, 2.45) is 5.73 Å². The molecule has 108 valence electrons. The van der Waals surface area contributed by atoms with E-state index >= 15 is 0 Å². The molecule has 5 heteroatoms. The highest BCUT2D eigenvalue weighted by atomic mass is 19.1. The molecule has 21 heavy (non-hydrogen) atoms. The van der Waals surface area contributed by atoms with Crippen LogP contribution in [0.2, 0.25) is 0 Å². The van der Waals surface area contributed by atoms with Gasteiger partial charge in [0, 0.05) is 41.0 Å². The second-order valence-corrected chi connectivity index (χ2v) is 4.89. The number of anilines is 1. The minimum absolute atomic E-state index is 0.242. The van der Waals surface area contributed by atoms with E-state index in [4.69, 9.17) is 5.73 Å². The number of nitrogens with two attached hydrogens (primary N) is 1. The molecule has 0 aliphatic rings. The molecule has 3 rings (SSSR count). The number of aromatic nitrogens is 2. The lowest BCUT2D eigenvalue weighted by molar-refractivity contribution is 0.629. The average Bonchev–Trinajstić information content (AvgIpc) is 2.91. The van der Waals surface area contributed by atoms with Crippen molar-refractivity contribution >= 4 is 16.7 Å². The van der Waals surface area contributed by atoms with Gasteiger partial charge in [0.05, 0.1) is 0 Å². The maximum Gasteiger partial charge on any atom is 0.125 e. The number of benzene rings is 1. The molecule has 2 heterocycles. The number of hydrogen-bond donors (Lipinski definition) is 3. The summed E-state index contributed by atoms with van der Waals surface area (Å²) in [5, 5.41) is 4.20. The molecule has 0 spiro atoms. The summed E-state index contributed by atoms with van der Waals surface area (Å²) >= 11 is 0. The lowest BCUT2D eigenvalue weighted by atomic mass is 10.1. The minimum Gasteiger partial charge on any atom is -0.370 e. The van der Waals surface area contributed by atoms with Crippen molar-refractivity contribution in [1.82, 2.24) is 9.97 Å². The Hall–Kier alpha value is -2.40. The summed E-state index contributed by atoms with van der Waals surface area (Å²) in [5.74, 6) is 0.589. The van der Waals surface area contributed by atoms with E-state index in [9.17, 15) is 4.39 Å². The fourth-order valence-electron chi connectivity index (χ4n) is 2.31. The van der Waals surface area contributed by atoms with Gasteiger partial charge < -0.3 is 16.0 Å². The first-order valence-corrected chi connectivity index (χ1v) is 6.95. The molecule has 0 bridgehead atoms. The van der Waals surface area contributed by atoms with E-state index in [1.807, 2.05) is 24.5 Å². The third-order valence-electron chi connectivity index (χ3n) is 3.41. The summed E-state index contributed by atoms with van der Waals surface area (Å²) in [6, 6.07) is 8.69. The minimum atomic E-state index is -0.242. The van der Waals surface area contributed by atoms with Crippen LogP contribution in [-0.4, -0.2) is 23.1 Å². The van der Waals surface area contributed by atoms with E-state index in [-0.39, 0.29) is 5.82 Å². The van der Waals surface area contributed by atoms with Gasteiger partial charge in [-0.2, -0.15) is 0 Å². The molecular formula is C16H17FN4. The maximum absolute atomic E-state index is 13.2. The molecule has 0 fully saturated rings. The van der Waals surface area contributed by atoms with Gasteiger partial charge in [0.25, 0.3) is 0 Å².